The van der Waals surface area contributed by atoms with Crippen molar-refractivity contribution < 1.29 is 0 Å². The van der Waals surface area contributed by atoms with Crippen LogP contribution in [0.5, 0.6) is 0 Å². The average Bonchev–Trinajstić information content (AvgIpc) is 3.31. The summed E-state index contributed by atoms with van der Waals surface area (Å²) in [6, 6.07) is 34.6. The zero-order valence-electron chi connectivity index (χ0n) is 19.8. The molecule has 0 saturated carbocycles. The Bertz CT molecular complexity index is 1370. The molecule has 0 aliphatic carbocycles. The fraction of sp³-hybridized carbons (Fsp3) is 0.200. The molecule has 6 rings (SSSR count). The van der Waals surface area contributed by atoms with Crippen LogP contribution in [0.4, 0.5) is 5.82 Å². The van der Waals surface area contributed by atoms with Gasteiger partial charge in [-0.1, -0.05) is 91.0 Å². The Kier molecular flexibility index (Phi) is 6.03. The zero-order chi connectivity index (χ0) is 23.6. The molecule has 0 radical (unpaired) electrons. The summed E-state index contributed by atoms with van der Waals surface area (Å²) < 4.78 is 0. The number of rotatable bonds is 5. The minimum absolute atomic E-state index is 0.258. The van der Waals surface area contributed by atoms with Gasteiger partial charge in [0.25, 0.3) is 0 Å². The van der Waals surface area contributed by atoms with E-state index in [9.17, 15) is 0 Å². The van der Waals surface area contributed by atoms with E-state index < -0.39 is 0 Å². The molecule has 2 aromatic heterocycles. The topological polar surface area (TPSA) is 32.3 Å². The van der Waals surface area contributed by atoms with E-state index in [1.165, 1.54) is 21.4 Å². The number of hydrogen-bond donors (Lipinski definition) is 0. The molecule has 0 atom stereocenters. The van der Waals surface area contributed by atoms with Gasteiger partial charge in [-0.25, -0.2) is 9.97 Å². The summed E-state index contributed by atoms with van der Waals surface area (Å²) in [4.78, 5) is 17.4. The second kappa shape index (κ2) is 9.61. The molecule has 1 saturated heterocycles. The third-order valence-electron chi connectivity index (χ3n) is 6.74. The Morgan fingerprint density at radius 1 is 0.714 bits per heavy atom. The molecular formula is C30H28N4S. The fourth-order valence-corrected chi connectivity index (χ4v) is 5.93. The van der Waals surface area contributed by atoms with Gasteiger partial charge in [-0.15, -0.1) is 11.3 Å². The number of aryl methyl sites for hydroxylation is 1. The van der Waals surface area contributed by atoms with Crippen molar-refractivity contribution in [1.29, 1.82) is 0 Å². The Morgan fingerprint density at radius 3 is 1.89 bits per heavy atom. The number of piperazine rings is 1. The van der Waals surface area contributed by atoms with Crippen molar-refractivity contribution in [3.63, 3.8) is 0 Å². The molecule has 3 aromatic carbocycles. The maximum absolute atomic E-state index is 5.10. The molecule has 1 fully saturated rings. The van der Waals surface area contributed by atoms with Gasteiger partial charge in [0.1, 0.15) is 10.6 Å². The maximum Gasteiger partial charge on any atom is 0.163 e. The van der Waals surface area contributed by atoms with Crippen LogP contribution < -0.4 is 4.90 Å². The molecular weight excluding hydrogens is 448 g/mol. The minimum Gasteiger partial charge on any atom is -0.353 e. The molecule has 0 N–H and O–H groups in total. The molecule has 0 spiro atoms. The van der Waals surface area contributed by atoms with Crippen LogP contribution in [0.2, 0.25) is 0 Å². The lowest BCUT2D eigenvalue weighted by Crippen LogP contribution is -2.48. The summed E-state index contributed by atoms with van der Waals surface area (Å²) in [5.74, 6) is 1.87. The Balaban J connectivity index is 1.31. The summed E-state index contributed by atoms with van der Waals surface area (Å²) in [5.41, 5.74) is 3.75. The average molecular weight is 477 g/mol. The van der Waals surface area contributed by atoms with Crippen LogP contribution in [0.1, 0.15) is 22.0 Å². The minimum atomic E-state index is 0.258. The van der Waals surface area contributed by atoms with Gasteiger partial charge in [0.05, 0.1) is 11.4 Å². The first-order valence-electron chi connectivity index (χ1n) is 12.2. The fourth-order valence-electron chi connectivity index (χ4n) is 5.06. The molecule has 5 aromatic rings. The van der Waals surface area contributed by atoms with E-state index in [4.69, 9.17) is 9.97 Å². The van der Waals surface area contributed by atoms with Crippen LogP contribution in [0.3, 0.4) is 0 Å². The van der Waals surface area contributed by atoms with E-state index in [1.54, 1.807) is 11.3 Å². The predicted octanol–water partition coefficient (Wildman–Crippen LogP) is 6.58. The Hall–Kier alpha value is -3.54. The molecule has 0 bridgehead atoms. The highest BCUT2D eigenvalue weighted by molar-refractivity contribution is 7.18. The lowest BCUT2D eigenvalue weighted by molar-refractivity contribution is 0.212. The van der Waals surface area contributed by atoms with Crippen molar-refractivity contribution in [2.75, 3.05) is 31.1 Å². The van der Waals surface area contributed by atoms with Crippen LogP contribution in [0.25, 0.3) is 21.6 Å². The van der Waals surface area contributed by atoms with Crippen molar-refractivity contribution in [3.8, 4) is 11.4 Å². The van der Waals surface area contributed by atoms with E-state index in [0.717, 1.165) is 48.2 Å². The molecule has 1 aliphatic rings. The molecule has 35 heavy (non-hydrogen) atoms. The van der Waals surface area contributed by atoms with Crippen LogP contribution in [0.15, 0.2) is 97.1 Å². The number of fused-ring (bicyclic) bond motifs is 1. The molecule has 5 heteroatoms. The Labute approximate surface area is 210 Å². The summed E-state index contributed by atoms with van der Waals surface area (Å²) in [6.45, 7) is 5.98. The third-order valence-corrected chi connectivity index (χ3v) is 7.68. The highest BCUT2D eigenvalue weighted by Gasteiger charge is 2.28. The standard InChI is InChI=1S/C30H28N4S/c1-22-21-26-29(31-28(32-30(26)35-22)25-15-9-4-10-16-25)34-19-17-33(18-20-34)27(23-11-5-2-6-12-23)24-13-7-3-8-14-24/h2-16,21,27H,17-20H2,1H3. The number of aromatic nitrogens is 2. The van der Waals surface area contributed by atoms with E-state index in [0.29, 0.717) is 0 Å². The molecule has 174 valence electrons. The highest BCUT2D eigenvalue weighted by atomic mass is 32.1. The number of benzene rings is 3. The van der Waals surface area contributed by atoms with E-state index >= 15 is 0 Å². The molecule has 3 heterocycles. The first-order valence-corrected chi connectivity index (χ1v) is 13.0. The molecule has 0 amide bonds. The third kappa shape index (κ3) is 4.45. The van der Waals surface area contributed by atoms with Crippen molar-refractivity contribution in [1.82, 2.24) is 14.9 Å². The summed E-state index contributed by atoms with van der Waals surface area (Å²) >= 11 is 1.75. The van der Waals surface area contributed by atoms with Gasteiger partial charge in [0.2, 0.25) is 0 Å². The largest absolute Gasteiger partial charge is 0.353 e. The quantitative estimate of drug-likeness (QED) is 0.287. The first-order chi connectivity index (χ1) is 17.3. The lowest BCUT2D eigenvalue weighted by Gasteiger charge is -2.40. The van der Waals surface area contributed by atoms with E-state index in [1.807, 2.05) is 18.2 Å². The normalized spacial score (nSPS) is 14.6. The van der Waals surface area contributed by atoms with Crippen LogP contribution in [-0.2, 0) is 0 Å². The SMILES string of the molecule is Cc1cc2c(N3CCN(C(c4ccccc4)c4ccccc4)CC3)nc(-c3ccccc3)nc2s1. The van der Waals surface area contributed by atoms with Gasteiger partial charge in [-0.2, -0.15) is 0 Å². The smallest absolute Gasteiger partial charge is 0.163 e. The second-order valence-electron chi connectivity index (χ2n) is 9.06. The predicted molar refractivity (Wildman–Crippen MR) is 146 cm³/mol. The summed E-state index contributed by atoms with van der Waals surface area (Å²) in [7, 11) is 0. The number of nitrogens with zero attached hydrogens (tertiary/aromatic N) is 4. The number of anilines is 1. The Morgan fingerprint density at radius 2 is 1.29 bits per heavy atom. The zero-order valence-corrected chi connectivity index (χ0v) is 20.7. The highest BCUT2D eigenvalue weighted by Crippen LogP contribution is 2.35. The van der Waals surface area contributed by atoms with E-state index in [2.05, 4.69) is 95.6 Å². The monoisotopic (exact) mass is 476 g/mol. The van der Waals surface area contributed by atoms with Crippen LogP contribution in [0, 0.1) is 6.92 Å². The van der Waals surface area contributed by atoms with Crippen LogP contribution >= 0.6 is 11.3 Å². The van der Waals surface area contributed by atoms with E-state index in [-0.39, 0.29) is 6.04 Å². The van der Waals surface area contributed by atoms with Gasteiger partial charge in [-0.05, 0) is 24.1 Å². The van der Waals surface area contributed by atoms with Gasteiger partial charge in [0, 0.05) is 36.6 Å². The van der Waals surface area contributed by atoms with Crippen molar-refractivity contribution in [2.45, 2.75) is 13.0 Å². The van der Waals surface area contributed by atoms with Gasteiger partial charge in [0.15, 0.2) is 5.82 Å². The van der Waals surface area contributed by atoms with Crippen molar-refractivity contribution >= 4 is 27.4 Å². The van der Waals surface area contributed by atoms with Crippen molar-refractivity contribution in [2.24, 2.45) is 0 Å². The number of hydrogen-bond acceptors (Lipinski definition) is 5. The molecule has 4 nitrogen and oxygen atoms in total. The maximum atomic E-state index is 5.10. The van der Waals surface area contributed by atoms with Gasteiger partial charge >= 0.3 is 0 Å². The van der Waals surface area contributed by atoms with Crippen LogP contribution in [-0.4, -0.2) is 41.0 Å². The van der Waals surface area contributed by atoms with Crippen molar-refractivity contribution in [3.05, 3.63) is 113 Å². The van der Waals surface area contributed by atoms with Gasteiger partial charge < -0.3 is 4.90 Å². The summed E-state index contributed by atoms with van der Waals surface area (Å²) in [5, 5.41) is 1.17. The summed E-state index contributed by atoms with van der Waals surface area (Å²) in [6.07, 6.45) is 0. The first kappa shape index (κ1) is 22.0. The number of thiophene rings is 1. The second-order valence-corrected chi connectivity index (χ2v) is 10.3. The molecule has 0 unspecified atom stereocenters. The van der Waals surface area contributed by atoms with Gasteiger partial charge in [-0.3, -0.25) is 4.90 Å². The lowest BCUT2D eigenvalue weighted by atomic mass is 9.96. The molecule has 1 aliphatic heterocycles.